The highest BCUT2D eigenvalue weighted by atomic mass is 16.5. The molecule has 1 aromatic heterocycles. The van der Waals surface area contributed by atoms with Gasteiger partial charge in [-0.1, -0.05) is 12.1 Å². The van der Waals surface area contributed by atoms with Crippen LogP contribution < -0.4 is 25.8 Å². The van der Waals surface area contributed by atoms with Crippen LogP contribution in [0.25, 0.3) is 0 Å². The number of piperidine rings is 1. The molecule has 0 radical (unpaired) electrons. The molecule has 3 heterocycles. The summed E-state index contributed by atoms with van der Waals surface area (Å²) in [7, 11) is 1.51. The van der Waals surface area contributed by atoms with Crippen LogP contribution in [-0.4, -0.2) is 41.0 Å². The number of amides is 2. The smallest absolute Gasteiger partial charge is 0.258 e. The standard InChI is InChI=1S/C22H27N5O4/c1-12-7-6-8-13(2)27(12)22-25-19-18(21(30)26-22)14(11-17(28)24-19)20(29)23-15-9-4-5-10-16(15)31-3/h4-5,9-10,12-14H,6-8,11H2,1-3H3,(H,23,29)(H2,24,25,26,28,30). The van der Waals surface area contributed by atoms with E-state index >= 15 is 0 Å². The molecule has 9 nitrogen and oxygen atoms in total. The molecule has 2 aliphatic heterocycles. The topological polar surface area (TPSA) is 116 Å². The maximum Gasteiger partial charge on any atom is 0.258 e. The van der Waals surface area contributed by atoms with Crippen molar-refractivity contribution in [2.75, 3.05) is 22.6 Å². The number of aromatic amines is 1. The number of benzene rings is 1. The Hall–Kier alpha value is -3.36. The predicted octanol–water partition coefficient (Wildman–Crippen LogP) is 2.61. The Bertz CT molecular complexity index is 1060. The Balaban J connectivity index is 1.68. The summed E-state index contributed by atoms with van der Waals surface area (Å²) in [6.07, 6.45) is 2.99. The number of anilines is 3. The number of rotatable bonds is 4. The van der Waals surface area contributed by atoms with Crippen molar-refractivity contribution in [2.24, 2.45) is 0 Å². The molecule has 2 amide bonds. The molecule has 2 aromatic rings. The second-order valence-electron chi connectivity index (χ2n) is 8.18. The fourth-order valence-electron chi connectivity index (χ4n) is 4.51. The molecule has 0 spiro atoms. The summed E-state index contributed by atoms with van der Waals surface area (Å²) in [6, 6.07) is 7.41. The first kappa shape index (κ1) is 20.9. The lowest BCUT2D eigenvalue weighted by Gasteiger charge is -2.39. The van der Waals surface area contributed by atoms with Crippen molar-refractivity contribution in [3.8, 4) is 5.75 Å². The molecule has 31 heavy (non-hydrogen) atoms. The minimum Gasteiger partial charge on any atom is -0.495 e. The van der Waals surface area contributed by atoms with E-state index in [4.69, 9.17) is 4.74 Å². The summed E-state index contributed by atoms with van der Waals surface area (Å²) in [4.78, 5) is 48.0. The van der Waals surface area contributed by atoms with Crippen molar-refractivity contribution >= 4 is 29.3 Å². The summed E-state index contributed by atoms with van der Waals surface area (Å²) in [5, 5.41) is 5.46. The Morgan fingerprint density at radius 3 is 2.61 bits per heavy atom. The van der Waals surface area contributed by atoms with E-state index in [0.717, 1.165) is 19.3 Å². The van der Waals surface area contributed by atoms with E-state index in [0.29, 0.717) is 17.4 Å². The highest BCUT2D eigenvalue weighted by molar-refractivity contribution is 6.05. The van der Waals surface area contributed by atoms with Gasteiger partial charge in [-0.25, -0.2) is 0 Å². The maximum atomic E-state index is 13.1. The van der Waals surface area contributed by atoms with Crippen LogP contribution in [0.1, 0.15) is 51.0 Å². The number of ether oxygens (including phenoxy) is 1. The fraction of sp³-hybridized carbons (Fsp3) is 0.455. The Labute approximate surface area is 180 Å². The number of methoxy groups -OCH3 is 1. The third kappa shape index (κ3) is 3.99. The molecule has 3 atom stereocenters. The van der Waals surface area contributed by atoms with Gasteiger partial charge in [0.1, 0.15) is 11.6 Å². The van der Waals surface area contributed by atoms with Gasteiger partial charge in [-0.05, 0) is 45.2 Å². The first-order valence-corrected chi connectivity index (χ1v) is 10.5. The zero-order valence-electron chi connectivity index (χ0n) is 17.9. The average molecular weight is 425 g/mol. The highest BCUT2D eigenvalue weighted by Crippen LogP contribution is 2.33. The molecule has 3 N–H and O–H groups in total. The van der Waals surface area contributed by atoms with Crippen molar-refractivity contribution in [3.63, 3.8) is 0 Å². The number of nitrogens with zero attached hydrogens (tertiary/aromatic N) is 2. The Morgan fingerprint density at radius 2 is 1.90 bits per heavy atom. The van der Waals surface area contributed by atoms with Crippen LogP contribution in [0.2, 0.25) is 0 Å². The number of hydrogen-bond acceptors (Lipinski definition) is 6. The lowest BCUT2D eigenvalue weighted by molar-refractivity contribution is -0.123. The van der Waals surface area contributed by atoms with E-state index < -0.39 is 17.4 Å². The number of aromatic nitrogens is 2. The number of fused-ring (bicyclic) bond motifs is 1. The molecular weight excluding hydrogens is 398 g/mol. The van der Waals surface area contributed by atoms with E-state index in [1.165, 1.54) is 7.11 Å². The van der Waals surface area contributed by atoms with Crippen LogP contribution in [-0.2, 0) is 9.59 Å². The van der Waals surface area contributed by atoms with Crippen molar-refractivity contribution in [1.82, 2.24) is 9.97 Å². The van der Waals surface area contributed by atoms with Crippen molar-refractivity contribution in [3.05, 3.63) is 40.2 Å². The van der Waals surface area contributed by atoms with Gasteiger partial charge in [-0.2, -0.15) is 4.98 Å². The van der Waals surface area contributed by atoms with Crippen LogP contribution in [0.3, 0.4) is 0 Å². The Kier molecular flexibility index (Phi) is 5.67. The third-order valence-electron chi connectivity index (χ3n) is 6.06. The summed E-state index contributed by atoms with van der Waals surface area (Å²) in [5.74, 6) is -0.687. The summed E-state index contributed by atoms with van der Waals surface area (Å²) < 4.78 is 5.27. The van der Waals surface area contributed by atoms with E-state index in [1.807, 2.05) is 0 Å². The van der Waals surface area contributed by atoms with Crippen molar-refractivity contribution in [2.45, 2.75) is 57.5 Å². The zero-order valence-corrected chi connectivity index (χ0v) is 17.9. The van der Waals surface area contributed by atoms with Gasteiger partial charge in [-0.15, -0.1) is 0 Å². The largest absolute Gasteiger partial charge is 0.495 e. The lowest BCUT2D eigenvalue weighted by Crippen LogP contribution is -2.46. The number of nitrogens with one attached hydrogen (secondary N) is 3. The molecule has 1 aromatic carbocycles. The molecule has 0 saturated carbocycles. The number of para-hydroxylation sites is 2. The monoisotopic (exact) mass is 425 g/mol. The number of carbonyl (C=O) groups is 2. The Morgan fingerprint density at radius 1 is 1.19 bits per heavy atom. The minimum absolute atomic E-state index is 0.130. The van der Waals surface area contributed by atoms with E-state index in [-0.39, 0.29) is 35.8 Å². The summed E-state index contributed by atoms with van der Waals surface area (Å²) in [5.41, 5.74) is 0.234. The van der Waals surface area contributed by atoms with Crippen LogP contribution in [0, 0.1) is 0 Å². The predicted molar refractivity (Wildman–Crippen MR) is 118 cm³/mol. The number of hydrogen-bond donors (Lipinski definition) is 3. The zero-order chi connectivity index (χ0) is 22.1. The van der Waals surface area contributed by atoms with Gasteiger partial charge in [0, 0.05) is 18.5 Å². The van der Waals surface area contributed by atoms with Gasteiger partial charge >= 0.3 is 0 Å². The minimum atomic E-state index is -0.949. The van der Waals surface area contributed by atoms with Gasteiger partial charge in [0.05, 0.1) is 24.3 Å². The first-order valence-electron chi connectivity index (χ1n) is 10.5. The molecular formula is C22H27N5O4. The van der Waals surface area contributed by atoms with Gasteiger partial charge in [0.25, 0.3) is 5.56 Å². The van der Waals surface area contributed by atoms with Crippen LogP contribution in [0.15, 0.2) is 29.1 Å². The fourth-order valence-corrected chi connectivity index (χ4v) is 4.51. The van der Waals surface area contributed by atoms with Crippen LogP contribution >= 0.6 is 0 Å². The molecule has 9 heteroatoms. The molecule has 0 aliphatic carbocycles. The number of H-pyrrole nitrogens is 1. The molecule has 1 fully saturated rings. The average Bonchev–Trinajstić information content (AvgIpc) is 2.73. The van der Waals surface area contributed by atoms with Gasteiger partial charge in [0.2, 0.25) is 17.8 Å². The van der Waals surface area contributed by atoms with Crippen LogP contribution in [0.4, 0.5) is 17.5 Å². The molecule has 164 valence electrons. The quantitative estimate of drug-likeness (QED) is 0.693. The summed E-state index contributed by atoms with van der Waals surface area (Å²) >= 11 is 0. The van der Waals surface area contributed by atoms with E-state index in [1.54, 1.807) is 24.3 Å². The van der Waals surface area contributed by atoms with Gasteiger partial charge in [0.15, 0.2) is 0 Å². The van der Waals surface area contributed by atoms with Crippen LogP contribution in [0.5, 0.6) is 5.75 Å². The lowest BCUT2D eigenvalue weighted by atomic mass is 9.92. The molecule has 2 aliphatic rings. The van der Waals surface area contributed by atoms with Crippen molar-refractivity contribution in [1.29, 1.82) is 0 Å². The van der Waals surface area contributed by atoms with E-state index in [2.05, 4.69) is 39.3 Å². The van der Waals surface area contributed by atoms with Crippen molar-refractivity contribution < 1.29 is 14.3 Å². The van der Waals surface area contributed by atoms with Gasteiger partial charge < -0.3 is 20.3 Å². The maximum absolute atomic E-state index is 13.1. The molecule has 3 unspecified atom stereocenters. The normalized spacial score (nSPS) is 23.0. The SMILES string of the molecule is COc1ccccc1NC(=O)C1CC(=O)Nc2nc(N3C(C)CCCC3C)[nH]c(=O)c21. The third-order valence-corrected chi connectivity index (χ3v) is 6.06. The van der Waals surface area contributed by atoms with E-state index in [9.17, 15) is 14.4 Å². The molecule has 0 bridgehead atoms. The molecule has 4 rings (SSSR count). The molecule has 1 saturated heterocycles. The summed E-state index contributed by atoms with van der Waals surface area (Å²) in [6.45, 7) is 4.19. The second kappa shape index (κ2) is 8.41. The highest BCUT2D eigenvalue weighted by Gasteiger charge is 2.36. The second-order valence-corrected chi connectivity index (χ2v) is 8.18. The van der Waals surface area contributed by atoms with Gasteiger partial charge in [-0.3, -0.25) is 19.4 Å². The first-order chi connectivity index (χ1) is 14.9. The number of carbonyl (C=O) groups excluding carboxylic acids is 2.